The third-order valence-electron chi connectivity index (χ3n) is 3.78. The summed E-state index contributed by atoms with van der Waals surface area (Å²) in [6.45, 7) is 4.57. The molecule has 0 atom stereocenters. The normalized spacial score (nSPS) is 10.7. The number of nitrogens with one attached hydrogen (secondary N) is 2. The van der Waals surface area contributed by atoms with Crippen LogP contribution in [0.5, 0.6) is 0 Å². The second-order valence-corrected chi connectivity index (χ2v) is 6.74. The topological polar surface area (TPSA) is 61.4 Å². The molecule has 0 fully saturated rings. The number of halogens is 2. The first-order valence-corrected chi connectivity index (χ1v) is 8.96. The van der Waals surface area contributed by atoms with E-state index in [1.807, 2.05) is 19.9 Å². The first-order chi connectivity index (χ1) is 12.4. The molecule has 0 bridgehead atoms. The van der Waals surface area contributed by atoms with E-state index in [1.165, 1.54) is 0 Å². The molecule has 0 saturated heterocycles. The SMILES string of the molecule is CCN(CC(=O)Nc1ccc(Cl)cc1)CC(=O)Nc1cc(Cl)ccc1C. The summed E-state index contributed by atoms with van der Waals surface area (Å²) in [7, 11) is 0. The molecule has 0 aromatic heterocycles. The van der Waals surface area contributed by atoms with Gasteiger partial charge in [-0.15, -0.1) is 0 Å². The van der Waals surface area contributed by atoms with E-state index in [2.05, 4.69) is 10.6 Å². The molecule has 7 heteroatoms. The van der Waals surface area contributed by atoms with E-state index in [0.29, 0.717) is 28.0 Å². The van der Waals surface area contributed by atoms with Crippen molar-refractivity contribution in [3.63, 3.8) is 0 Å². The monoisotopic (exact) mass is 393 g/mol. The van der Waals surface area contributed by atoms with Crippen LogP contribution in [-0.4, -0.2) is 36.3 Å². The predicted molar refractivity (Wildman–Crippen MR) is 107 cm³/mol. The average Bonchev–Trinajstić information content (AvgIpc) is 2.59. The van der Waals surface area contributed by atoms with Gasteiger partial charge in [-0.1, -0.05) is 36.2 Å². The molecule has 2 rings (SSSR count). The van der Waals surface area contributed by atoms with E-state index in [-0.39, 0.29) is 24.9 Å². The summed E-state index contributed by atoms with van der Waals surface area (Å²) in [5.41, 5.74) is 2.25. The maximum absolute atomic E-state index is 12.3. The number of benzene rings is 2. The maximum Gasteiger partial charge on any atom is 0.238 e. The molecule has 0 heterocycles. The first kappa shape index (κ1) is 20.2. The summed E-state index contributed by atoms with van der Waals surface area (Å²) in [6, 6.07) is 12.2. The fraction of sp³-hybridized carbons (Fsp3) is 0.263. The van der Waals surface area contributed by atoms with Crippen molar-refractivity contribution < 1.29 is 9.59 Å². The number of hydrogen-bond acceptors (Lipinski definition) is 3. The van der Waals surface area contributed by atoms with Crippen LogP contribution in [0.15, 0.2) is 42.5 Å². The molecule has 26 heavy (non-hydrogen) atoms. The number of aryl methyl sites for hydroxylation is 1. The fourth-order valence-electron chi connectivity index (χ4n) is 2.34. The van der Waals surface area contributed by atoms with Crippen LogP contribution in [0.4, 0.5) is 11.4 Å². The van der Waals surface area contributed by atoms with Crippen molar-refractivity contribution in [1.82, 2.24) is 4.90 Å². The van der Waals surface area contributed by atoms with Gasteiger partial charge in [-0.2, -0.15) is 0 Å². The van der Waals surface area contributed by atoms with Crippen molar-refractivity contribution in [1.29, 1.82) is 0 Å². The summed E-state index contributed by atoms with van der Waals surface area (Å²) in [6.07, 6.45) is 0. The van der Waals surface area contributed by atoms with Crippen LogP contribution in [0, 0.1) is 6.92 Å². The summed E-state index contributed by atoms with van der Waals surface area (Å²) in [5, 5.41) is 6.78. The Bertz CT molecular complexity index is 779. The number of hydrogen-bond donors (Lipinski definition) is 2. The average molecular weight is 394 g/mol. The second kappa shape index (κ2) is 9.57. The van der Waals surface area contributed by atoms with Gasteiger partial charge in [0.15, 0.2) is 0 Å². The van der Waals surface area contributed by atoms with Gasteiger partial charge in [0, 0.05) is 21.4 Å². The molecule has 2 aromatic carbocycles. The van der Waals surface area contributed by atoms with Crippen molar-refractivity contribution in [2.45, 2.75) is 13.8 Å². The van der Waals surface area contributed by atoms with Crippen molar-refractivity contribution in [3.8, 4) is 0 Å². The third-order valence-corrected chi connectivity index (χ3v) is 4.27. The summed E-state index contributed by atoms with van der Waals surface area (Å²) >= 11 is 11.8. The zero-order valence-corrected chi connectivity index (χ0v) is 16.2. The molecule has 2 aromatic rings. The molecule has 5 nitrogen and oxygen atoms in total. The number of amides is 2. The van der Waals surface area contributed by atoms with Gasteiger partial charge in [-0.3, -0.25) is 14.5 Å². The summed E-state index contributed by atoms with van der Waals surface area (Å²) in [4.78, 5) is 26.2. The van der Waals surface area contributed by atoms with Crippen LogP contribution >= 0.6 is 23.2 Å². The summed E-state index contributed by atoms with van der Waals surface area (Å²) < 4.78 is 0. The Morgan fingerprint density at radius 3 is 2.12 bits per heavy atom. The number of carbonyl (C=O) groups excluding carboxylic acids is 2. The largest absolute Gasteiger partial charge is 0.325 e. The lowest BCUT2D eigenvalue weighted by molar-refractivity contribution is -0.119. The number of carbonyl (C=O) groups is 2. The number of rotatable bonds is 7. The first-order valence-electron chi connectivity index (χ1n) is 8.21. The van der Waals surface area contributed by atoms with Gasteiger partial charge in [-0.25, -0.2) is 0 Å². The van der Waals surface area contributed by atoms with E-state index >= 15 is 0 Å². The highest BCUT2D eigenvalue weighted by molar-refractivity contribution is 6.31. The van der Waals surface area contributed by atoms with E-state index in [4.69, 9.17) is 23.2 Å². The highest BCUT2D eigenvalue weighted by Crippen LogP contribution is 2.20. The van der Waals surface area contributed by atoms with Gasteiger partial charge >= 0.3 is 0 Å². The Kier molecular flexibility index (Phi) is 7.45. The van der Waals surface area contributed by atoms with E-state index < -0.39 is 0 Å². The predicted octanol–water partition coefficient (Wildman–Crippen LogP) is 4.20. The van der Waals surface area contributed by atoms with Crippen molar-refractivity contribution in [3.05, 3.63) is 58.1 Å². The van der Waals surface area contributed by atoms with Crippen LogP contribution < -0.4 is 10.6 Å². The van der Waals surface area contributed by atoms with E-state index in [0.717, 1.165) is 5.56 Å². The molecule has 0 radical (unpaired) electrons. The second-order valence-electron chi connectivity index (χ2n) is 5.87. The minimum absolute atomic E-state index is 0.108. The Balaban J connectivity index is 1.89. The minimum atomic E-state index is -0.198. The van der Waals surface area contributed by atoms with Crippen molar-refractivity contribution in [2.24, 2.45) is 0 Å². The van der Waals surface area contributed by atoms with Gasteiger partial charge in [0.05, 0.1) is 13.1 Å². The molecular weight excluding hydrogens is 373 g/mol. The quantitative estimate of drug-likeness (QED) is 0.740. The van der Waals surface area contributed by atoms with Crippen LogP contribution in [0.3, 0.4) is 0 Å². The standard InChI is InChI=1S/C19H21Cl2N3O2/c1-3-24(11-18(25)22-16-8-6-14(20)7-9-16)12-19(26)23-17-10-15(21)5-4-13(17)2/h4-10H,3,11-12H2,1-2H3,(H,22,25)(H,23,26). The Labute approximate surface area is 163 Å². The van der Waals surface area contributed by atoms with E-state index in [1.54, 1.807) is 41.3 Å². The van der Waals surface area contributed by atoms with Crippen LogP contribution in [0.1, 0.15) is 12.5 Å². The Morgan fingerprint density at radius 1 is 0.923 bits per heavy atom. The molecule has 0 aliphatic carbocycles. The highest BCUT2D eigenvalue weighted by atomic mass is 35.5. The molecule has 0 aliphatic rings. The van der Waals surface area contributed by atoms with Gasteiger partial charge < -0.3 is 10.6 Å². The number of nitrogens with zero attached hydrogens (tertiary/aromatic N) is 1. The highest BCUT2D eigenvalue weighted by Gasteiger charge is 2.14. The smallest absolute Gasteiger partial charge is 0.238 e. The number of likely N-dealkylation sites (N-methyl/N-ethyl adjacent to an activating group) is 1. The van der Waals surface area contributed by atoms with Crippen LogP contribution in [0.2, 0.25) is 10.0 Å². The van der Waals surface area contributed by atoms with Crippen molar-refractivity contribution >= 4 is 46.4 Å². The molecule has 0 spiro atoms. The van der Waals surface area contributed by atoms with Crippen LogP contribution in [-0.2, 0) is 9.59 Å². The Morgan fingerprint density at radius 2 is 1.50 bits per heavy atom. The molecule has 0 unspecified atom stereocenters. The van der Waals surface area contributed by atoms with Gasteiger partial charge in [0.1, 0.15) is 0 Å². The zero-order valence-electron chi connectivity index (χ0n) is 14.7. The van der Waals surface area contributed by atoms with Gasteiger partial charge in [0.2, 0.25) is 11.8 Å². The molecule has 0 aliphatic heterocycles. The molecule has 2 N–H and O–H groups in total. The third kappa shape index (κ3) is 6.33. The molecular formula is C19H21Cl2N3O2. The molecule has 138 valence electrons. The fourth-order valence-corrected chi connectivity index (χ4v) is 2.64. The summed E-state index contributed by atoms with van der Waals surface area (Å²) in [5.74, 6) is -0.391. The molecule has 2 amide bonds. The maximum atomic E-state index is 12.3. The lowest BCUT2D eigenvalue weighted by atomic mass is 10.2. The Hall–Kier alpha value is -2.08. The lowest BCUT2D eigenvalue weighted by Crippen LogP contribution is -2.38. The van der Waals surface area contributed by atoms with Crippen molar-refractivity contribution in [2.75, 3.05) is 30.3 Å². The number of anilines is 2. The minimum Gasteiger partial charge on any atom is -0.325 e. The zero-order chi connectivity index (χ0) is 19.1. The van der Waals surface area contributed by atoms with Crippen LogP contribution in [0.25, 0.3) is 0 Å². The van der Waals surface area contributed by atoms with E-state index in [9.17, 15) is 9.59 Å². The lowest BCUT2D eigenvalue weighted by Gasteiger charge is -2.19. The van der Waals surface area contributed by atoms with Gasteiger partial charge in [0.25, 0.3) is 0 Å². The van der Waals surface area contributed by atoms with Gasteiger partial charge in [-0.05, 0) is 55.4 Å². The molecule has 0 saturated carbocycles.